The second kappa shape index (κ2) is 6.12. The number of hydrogen-bond donors (Lipinski definition) is 1. The summed E-state index contributed by atoms with van der Waals surface area (Å²) in [5, 5.41) is 8.71. The van der Waals surface area contributed by atoms with E-state index in [0.29, 0.717) is 0 Å². The van der Waals surface area contributed by atoms with Crippen molar-refractivity contribution in [3.63, 3.8) is 0 Å². The van der Waals surface area contributed by atoms with E-state index in [0.717, 1.165) is 17.4 Å². The van der Waals surface area contributed by atoms with E-state index in [1.165, 1.54) is 6.21 Å². The van der Waals surface area contributed by atoms with Crippen LogP contribution >= 0.6 is 0 Å². The molecule has 1 heterocycles. The van der Waals surface area contributed by atoms with Crippen molar-refractivity contribution >= 4 is 18.0 Å². The van der Waals surface area contributed by atoms with Crippen LogP contribution in [0.3, 0.4) is 0 Å². The van der Waals surface area contributed by atoms with E-state index < -0.39 is 17.9 Å². The first-order valence-corrected chi connectivity index (χ1v) is 5.87. The van der Waals surface area contributed by atoms with Crippen molar-refractivity contribution in [3.8, 4) is 5.75 Å². The highest BCUT2D eigenvalue weighted by Crippen LogP contribution is 2.14. The molecule has 20 heavy (non-hydrogen) atoms. The lowest BCUT2D eigenvalue weighted by atomic mass is 10.1. The molecule has 6 nitrogen and oxygen atoms in total. The first-order valence-electron chi connectivity index (χ1n) is 5.87. The number of benzene rings is 1. The fourth-order valence-electron chi connectivity index (χ4n) is 1.63. The second-order valence-electron chi connectivity index (χ2n) is 4.09. The summed E-state index contributed by atoms with van der Waals surface area (Å²) in [5.74, 6) is -0.924. The number of carboxylic acids is 1. The van der Waals surface area contributed by atoms with Crippen LogP contribution in [-0.4, -0.2) is 36.3 Å². The van der Waals surface area contributed by atoms with Gasteiger partial charge in [0.05, 0.1) is 13.7 Å². The molecule has 0 spiro atoms. The third kappa shape index (κ3) is 3.30. The molecule has 0 saturated heterocycles. The molecule has 1 unspecified atom stereocenters. The molecule has 0 amide bonds. The molecular weight excluding hydrogens is 262 g/mol. The lowest BCUT2D eigenvalue weighted by Gasteiger charge is -2.14. The Balaban J connectivity index is 1.93. The molecule has 1 aliphatic heterocycles. The summed E-state index contributed by atoms with van der Waals surface area (Å²) in [4.78, 5) is 26.0. The molecule has 2 rings (SSSR count). The normalized spacial score (nSPS) is 17.8. The van der Waals surface area contributed by atoms with Gasteiger partial charge in [0, 0.05) is 12.3 Å². The maximum Gasteiger partial charge on any atom is 0.354 e. The topological polar surface area (TPSA) is 85.2 Å². The minimum Gasteiger partial charge on any atom is -0.497 e. The van der Waals surface area contributed by atoms with Crippen LogP contribution in [0.15, 0.2) is 41.0 Å². The van der Waals surface area contributed by atoms with Gasteiger partial charge in [0.15, 0.2) is 17.6 Å². The highest BCUT2D eigenvalue weighted by atomic mass is 16.5. The van der Waals surface area contributed by atoms with E-state index in [4.69, 9.17) is 14.6 Å². The molecule has 6 heteroatoms. The van der Waals surface area contributed by atoms with Gasteiger partial charge in [0.1, 0.15) is 5.75 Å². The standard InChI is InChI=1S/C14H13NO5/c1-19-10-4-2-9(3-5-10)8-20-13-7-15-11(14(17)18)6-12(13)16/h2-7,13H,8H2,1H3,(H,17,18). The summed E-state index contributed by atoms with van der Waals surface area (Å²) in [7, 11) is 1.58. The number of methoxy groups -OCH3 is 1. The zero-order valence-corrected chi connectivity index (χ0v) is 10.8. The van der Waals surface area contributed by atoms with E-state index in [1.807, 2.05) is 12.1 Å². The number of carbonyl (C=O) groups is 2. The lowest BCUT2D eigenvalue weighted by Crippen LogP contribution is -2.28. The summed E-state index contributed by atoms with van der Waals surface area (Å²) in [6.07, 6.45) is 1.33. The Morgan fingerprint density at radius 1 is 1.35 bits per heavy atom. The Labute approximate surface area is 115 Å². The number of nitrogens with zero attached hydrogens (tertiary/aromatic N) is 1. The second-order valence-corrected chi connectivity index (χ2v) is 4.09. The van der Waals surface area contributed by atoms with Gasteiger partial charge in [-0.25, -0.2) is 4.79 Å². The average Bonchev–Trinajstić information content (AvgIpc) is 2.46. The fourth-order valence-corrected chi connectivity index (χ4v) is 1.63. The minimum absolute atomic E-state index is 0.225. The van der Waals surface area contributed by atoms with Crippen molar-refractivity contribution in [1.29, 1.82) is 0 Å². The maximum absolute atomic E-state index is 11.7. The monoisotopic (exact) mass is 275 g/mol. The quantitative estimate of drug-likeness (QED) is 0.872. The Morgan fingerprint density at radius 2 is 2.05 bits per heavy atom. The van der Waals surface area contributed by atoms with Gasteiger partial charge >= 0.3 is 5.97 Å². The summed E-state index contributed by atoms with van der Waals surface area (Å²) >= 11 is 0. The molecule has 0 radical (unpaired) electrons. The van der Waals surface area contributed by atoms with Crippen LogP contribution in [0.2, 0.25) is 0 Å². The first kappa shape index (κ1) is 14.0. The first-order chi connectivity index (χ1) is 9.60. The van der Waals surface area contributed by atoms with Gasteiger partial charge in [0.25, 0.3) is 0 Å². The summed E-state index contributed by atoms with van der Waals surface area (Å²) in [6.45, 7) is 0.225. The van der Waals surface area contributed by atoms with E-state index in [9.17, 15) is 9.59 Å². The molecule has 0 fully saturated rings. The van der Waals surface area contributed by atoms with E-state index in [2.05, 4.69) is 4.99 Å². The predicted octanol–water partition coefficient (Wildman–Crippen LogP) is 1.20. The predicted molar refractivity (Wildman–Crippen MR) is 70.8 cm³/mol. The molecule has 0 aliphatic carbocycles. The number of carboxylic acid groups (broad SMARTS) is 1. The van der Waals surface area contributed by atoms with Gasteiger partial charge in [-0.2, -0.15) is 0 Å². The Kier molecular flexibility index (Phi) is 4.27. The van der Waals surface area contributed by atoms with Crippen molar-refractivity contribution in [2.24, 2.45) is 4.99 Å². The molecule has 104 valence electrons. The molecule has 1 aromatic rings. The molecule has 1 N–H and O–H groups in total. The van der Waals surface area contributed by atoms with Crippen molar-refractivity contribution in [2.45, 2.75) is 12.7 Å². The van der Waals surface area contributed by atoms with Crippen LogP contribution < -0.4 is 4.74 Å². The molecule has 0 saturated carbocycles. The average molecular weight is 275 g/mol. The molecule has 0 aromatic heterocycles. The van der Waals surface area contributed by atoms with Crippen LogP contribution in [0, 0.1) is 0 Å². The van der Waals surface area contributed by atoms with Crippen molar-refractivity contribution in [1.82, 2.24) is 0 Å². The zero-order chi connectivity index (χ0) is 14.5. The van der Waals surface area contributed by atoms with Crippen molar-refractivity contribution < 1.29 is 24.2 Å². The summed E-state index contributed by atoms with van der Waals surface area (Å²) < 4.78 is 10.4. The number of aliphatic carboxylic acids is 1. The van der Waals surface area contributed by atoms with Crippen LogP contribution in [0.4, 0.5) is 0 Å². The largest absolute Gasteiger partial charge is 0.497 e. The SMILES string of the molecule is COc1ccc(COC2C=NC(C(=O)O)=CC2=O)cc1. The van der Waals surface area contributed by atoms with E-state index in [1.54, 1.807) is 19.2 Å². The number of carbonyl (C=O) groups excluding carboxylic acids is 1. The van der Waals surface area contributed by atoms with E-state index in [-0.39, 0.29) is 12.3 Å². The van der Waals surface area contributed by atoms with Crippen LogP contribution in [0.25, 0.3) is 0 Å². The van der Waals surface area contributed by atoms with Gasteiger partial charge in [-0.3, -0.25) is 9.79 Å². The maximum atomic E-state index is 11.7. The number of ether oxygens (including phenoxy) is 2. The zero-order valence-electron chi connectivity index (χ0n) is 10.8. The molecule has 1 aromatic carbocycles. The van der Waals surface area contributed by atoms with Crippen LogP contribution in [-0.2, 0) is 20.9 Å². The Bertz CT molecular complexity index is 574. The highest BCUT2D eigenvalue weighted by molar-refractivity contribution is 6.11. The highest BCUT2D eigenvalue weighted by Gasteiger charge is 2.22. The number of hydrogen-bond acceptors (Lipinski definition) is 5. The molecule has 0 bridgehead atoms. The molecule has 1 atom stereocenters. The van der Waals surface area contributed by atoms with Gasteiger partial charge < -0.3 is 14.6 Å². The van der Waals surface area contributed by atoms with Gasteiger partial charge in [-0.15, -0.1) is 0 Å². The fraction of sp³-hybridized carbons (Fsp3) is 0.214. The third-order valence-corrected chi connectivity index (χ3v) is 2.72. The van der Waals surface area contributed by atoms with Gasteiger partial charge in [0.2, 0.25) is 0 Å². The molecular formula is C14H13NO5. The number of rotatable bonds is 5. The van der Waals surface area contributed by atoms with Crippen molar-refractivity contribution in [2.75, 3.05) is 7.11 Å². The third-order valence-electron chi connectivity index (χ3n) is 2.72. The Morgan fingerprint density at radius 3 is 2.60 bits per heavy atom. The van der Waals surface area contributed by atoms with Crippen molar-refractivity contribution in [3.05, 3.63) is 41.6 Å². The van der Waals surface area contributed by atoms with Gasteiger partial charge in [-0.05, 0) is 17.7 Å². The van der Waals surface area contributed by atoms with Crippen LogP contribution in [0.1, 0.15) is 5.56 Å². The number of aliphatic imine (C=N–C) groups is 1. The van der Waals surface area contributed by atoms with Gasteiger partial charge in [-0.1, -0.05) is 12.1 Å². The molecule has 1 aliphatic rings. The Hall–Kier alpha value is -2.47. The summed E-state index contributed by atoms with van der Waals surface area (Å²) in [6, 6.07) is 7.22. The summed E-state index contributed by atoms with van der Waals surface area (Å²) in [5.41, 5.74) is 0.597. The van der Waals surface area contributed by atoms with Crippen LogP contribution in [0.5, 0.6) is 5.75 Å². The number of ketones is 1. The van der Waals surface area contributed by atoms with E-state index >= 15 is 0 Å². The smallest absolute Gasteiger partial charge is 0.354 e. The lowest BCUT2D eigenvalue weighted by molar-refractivity contribution is -0.133. The minimum atomic E-state index is -1.23.